The maximum absolute atomic E-state index is 15.6. The van der Waals surface area contributed by atoms with Crippen molar-refractivity contribution in [1.29, 1.82) is 0 Å². The molecule has 56 heavy (non-hydrogen) atoms. The number of piperazine rings is 1. The van der Waals surface area contributed by atoms with Crippen LogP contribution in [0.3, 0.4) is 0 Å². The van der Waals surface area contributed by atoms with E-state index in [0.29, 0.717) is 26.2 Å². The summed E-state index contributed by atoms with van der Waals surface area (Å²) in [6.07, 6.45) is -1.36. The molecule has 0 aliphatic carbocycles. The summed E-state index contributed by atoms with van der Waals surface area (Å²) >= 11 is 6.50. The first-order valence-electron chi connectivity index (χ1n) is 18.2. The van der Waals surface area contributed by atoms with Gasteiger partial charge in [0.05, 0.1) is 43.1 Å². The summed E-state index contributed by atoms with van der Waals surface area (Å²) in [6, 6.07) is 6.42. The molecule has 0 saturated carbocycles. The number of aromatic nitrogens is 4. The summed E-state index contributed by atoms with van der Waals surface area (Å²) < 4.78 is 74.8. The molecule has 18 heteroatoms. The molecule has 2 aromatic carbocycles. The van der Waals surface area contributed by atoms with Gasteiger partial charge in [0.1, 0.15) is 0 Å². The van der Waals surface area contributed by atoms with Gasteiger partial charge in [-0.15, -0.1) is 0 Å². The number of imidazole rings is 1. The molecule has 1 aliphatic heterocycles. The van der Waals surface area contributed by atoms with Gasteiger partial charge in [-0.3, -0.25) is 19.1 Å². The SMILES string of the molecule is CCC(CC[NH+](C)C)C(=O)N1CCN(C(=O)c2ccc(NC(=O)c3ncc(-c4ccc(-c5cn(CC(C)CO)nc5C(F)(F)F)c(F)c4F)n3C)cc2Cl)CC1. The molecule has 3 N–H and O–H groups in total. The van der Waals surface area contributed by atoms with E-state index in [2.05, 4.69) is 15.4 Å². The Labute approximate surface area is 325 Å². The van der Waals surface area contributed by atoms with Gasteiger partial charge in [-0.25, -0.2) is 13.8 Å². The molecule has 0 radical (unpaired) electrons. The van der Waals surface area contributed by atoms with Crippen molar-refractivity contribution in [2.24, 2.45) is 18.9 Å². The van der Waals surface area contributed by atoms with Crippen molar-refractivity contribution in [1.82, 2.24) is 29.1 Å². The number of nitrogens with zero attached hydrogens (tertiary/aromatic N) is 6. The smallest absolute Gasteiger partial charge is 0.396 e. The molecular formula is C38H45ClF5N8O4+. The average Bonchev–Trinajstić information content (AvgIpc) is 3.76. The van der Waals surface area contributed by atoms with E-state index in [9.17, 15) is 32.7 Å². The van der Waals surface area contributed by atoms with Crippen molar-refractivity contribution in [2.45, 2.75) is 39.4 Å². The predicted molar refractivity (Wildman–Crippen MR) is 199 cm³/mol. The number of amides is 3. The molecule has 5 rings (SSSR count). The molecule has 0 bridgehead atoms. The second-order valence-corrected chi connectivity index (χ2v) is 14.7. The zero-order valence-corrected chi connectivity index (χ0v) is 32.4. The van der Waals surface area contributed by atoms with Crippen LogP contribution in [-0.2, 0) is 24.6 Å². The van der Waals surface area contributed by atoms with Gasteiger partial charge >= 0.3 is 6.18 Å². The van der Waals surface area contributed by atoms with E-state index in [1.807, 2.05) is 21.0 Å². The predicted octanol–water partition coefficient (Wildman–Crippen LogP) is 4.63. The maximum atomic E-state index is 15.6. The Morgan fingerprint density at radius 1 is 1.00 bits per heavy atom. The Balaban J connectivity index is 1.27. The standard InChI is InChI=1S/C38H44ClF5N8O4/c1-6-23(11-12-48(3)4)36(55)50-13-15-51(16-14-50)37(56)26-8-7-24(17-29(26)39)46-35(54)34-45-18-30(49(34)5)27-10-9-25(31(40)32(27)41)28-20-52(19-22(2)21-53)47-33(28)38(42,43)44/h7-10,17-18,20,22-23,53H,6,11-16,19,21H2,1-5H3,(H,46,54)/p+1. The number of aliphatic hydroxyl groups excluding tert-OH is 1. The van der Waals surface area contributed by atoms with Crippen LogP contribution in [-0.4, -0.2) is 105 Å². The topological polar surface area (TPSA) is 130 Å². The van der Waals surface area contributed by atoms with E-state index < -0.39 is 46.5 Å². The number of halogens is 6. The molecule has 1 saturated heterocycles. The monoisotopic (exact) mass is 807 g/mol. The van der Waals surface area contributed by atoms with Crippen LogP contribution in [0.2, 0.25) is 5.02 Å². The highest BCUT2D eigenvalue weighted by molar-refractivity contribution is 6.34. The van der Waals surface area contributed by atoms with Crippen molar-refractivity contribution in [3.05, 3.63) is 76.5 Å². The van der Waals surface area contributed by atoms with Gasteiger partial charge in [-0.2, -0.15) is 18.3 Å². The first-order valence-corrected chi connectivity index (χ1v) is 18.6. The molecule has 2 aromatic heterocycles. The van der Waals surface area contributed by atoms with Gasteiger partial charge in [0.25, 0.3) is 11.8 Å². The Bertz CT molecular complexity index is 2080. The van der Waals surface area contributed by atoms with Gasteiger partial charge in [0.15, 0.2) is 23.2 Å². The highest BCUT2D eigenvalue weighted by Crippen LogP contribution is 2.39. The van der Waals surface area contributed by atoms with Crippen LogP contribution in [0.15, 0.2) is 42.7 Å². The third kappa shape index (κ3) is 9.22. The molecule has 0 spiro atoms. The number of alkyl halides is 3. The summed E-state index contributed by atoms with van der Waals surface area (Å²) in [5, 5.41) is 15.5. The molecule has 1 aliphatic rings. The van der Waals surface area contributed by atoms with Crippen molar-refractivity contribution >= 4 is 35.0 Å². The van der Waals surface area contributed by atoms with Crippen LogP contribution in [0.25, 0.3) is 22.4 Å². The molecule has 12 nitrogen and oxygen atoms in total. The minimum absolute atomic E-state index is 0.0397. The van der Waals surface area contributed by atoms with E-state index in [1.54, 1.807) is 16.7 Å². The maximum Gasteiger partial charge on any atom is 0.435 e. The molecular weight excluding hydrogens is 763 g/mol. The number of nitrogens with one attached hydrogen (secondary N) is 2. The lowest BCUT2D eigenvalue weighted by Gasteiger charge is -2.36. The number of aliphatic hydroxyl groups is 1. The summed E-state index contributed by atoms with van der Waals surface area (Å²) in [5.41, 5.74) is -2.72. The molecule has 3 heterocycles. The van der Waals surface area contributed by atoms with Crippen LogP contribution in [0.1, 0.15) is 53.4 Å². The first kappa shape index (κ1) is 42.3. The zero-order valence-electron chi connectivity index (χ0n) is 31.7. The van der Waals surface area contributed by atoms with Crippen molar-refractivity contribution in [3.8, 4) is 22.4 Å². The Morgan fingerprint density at radius 2 is 1.64 bits per heavy atom. The second-order valence-electron chi connectivity index (χ2n) is 14.3. The molecule has 3 amide bonds. The van der Waals surface area contributed by atoms with Gasteiger partial charge in [-0.05, 0) is 36.6 Å². The number of hydrogen-bond acceptors (Lipinski definition) is 6. The fraction of sp³-hybridized carbons (Fsp3) is 0.447. The average molecular weight is 808 g/mol. The van der Waals surface area contributed by atoms with Crippen molar-refractivity contribution in [3.63, 3.8) is 0 Å². The quantitative estimate of drug-likeness (QED) is 0.169. The van der Waals surface area contributed by atoms with E-state index >= 15 is 8.78 Å². The third-order valence-electron chi connectivity index (χ3n) is 9.85. The van der Waals surface area contributed by atoms with Gasteiger partial charge < -0.3 is 29.7 Å². The molecule has 1 fully saturated rings. The van der Waals surface area contributed by atoms with Gasteiger partial charge in [-0.1, -0.05) is 31.5 Å². The number of anilines is 1. The van der Waals surface area contributed by atoms with Crippen LogP contribution in [0.4, 0.5) is 27.6 Å². The highest BCUT2D eigenvalue weighted by atomic mass is 35.5. The summed E-state index contributed by atoms with van der Waals surface area (Å²) in [4.78, 5) is 48.5. The van der Waals surface area contributed by atoms with Crippen LogP contribution < -0.4 is 10.2 Å². The lowest BCUT2D eigenvalue weighted by Crippen LogP contribution is -3.05. The number of carbonyl (C=O) groups is 3. The van der Waals surface area contributed by atoms with Crippen molar-refractivity contribution in [2.75, 3.05) is 58.7 Å². The molecule has 2 unspecified atom stereocenters. The molecule has 4 aromatic rings. The van der Waals surface area contributed by atoms with Crippen LogP contribution in [0, 0.1) is 23.5 Å². The Hall–Kier alpha value is -4.87. The minimum atomic E-state index is -4.97. The normalized spacial score (nSPS) is 14.7. The number of quaternary nitrogens is 1. The van der Waals surface area contributed by atoms with E-state index in [-0.39, 0.29) is 64.2 Å². The summed E-state index contributed by atoms with van der Waals surface area (Å²) in [6.45, 7) is 5.57. The number of benzene rings is 2. The fourth-order valence-electron chi connectivity index (χ4n) is 6.60. The van der Waals surface area contributed by atoms with E-state index in [1.165, 1.54) is 34.7 Å². The third-order valence-corrected chi connectivity index (χ3v) is 10.2. The van der Waals surface area contributed by atoms with E-state index in [0.717, 1.165) is 48.6 Å². The second kappa shape index (κ2) is 17.5. The number of rotatable bonds is 13. The van der Waals surface area contributed by atoms with E-state index in [4.69, 9.17) is 11.6 Å². The number of hydrogen-bond donors (Lipinski definition) is 3. The number of carbonyl (C=O) groups excluding carboxylic acids is 3. The van der Waals surface area contributed by atoms with Crippen LogP contribution >= 0.6 is 11.6 Å². The van der Waals surface area contributed by atoms with Gasteiger partial charge in [0.2, 0.25) is 5.91 Å². The zero-order chi connectivity index (χ0) is 41.1. The summed E-state index contributed by atoms with van der Waals surface area (Å²) in [7, 11) is 5.48. The lowest BCUT2D eigenvalue weighted by molar-refractivity contribution is -0.858. The molecule has 2 atom stereocenters. The van der Waals surface area contributed by atoms with Crippen LogP contribution in [0.5, 0.6) is 0 Å². The summed E-state index contributed by atoms with van der Waals surface area (Å²) in [5.74, 6) is -4.71. The Morgan fingerprint density at radius 3 is 2.25 bits per heavy atom. The first-order chi connectivity index (χ1) is 26.4. The largest absolute Gasteiger partial charge is 0.435 e. The molecule has 302 valence electrons. The lowest BCUT2D eigenvalue weighted by atomic mass is 10.00. The fourth-order valence-corrected chi connectivity index (χ4v) is 6.86. The van der Waals surface area contributed by atoms with Crippen molar-refractivity contribution < 1.29 is 46.3 Å². The highest BCUT2D eigenvalue weighted by Gasteiger charge is 2.39. The minimum Gasteiger partial charge on any atom is -0.396 e. The Kier molecular flexibility index (Phi) is 13.2. The van der Waals surface area contributed by atoms with Gasteiger partial charge in [0, 0.05) is 87.3 Å².